The minimum absolute atomic E-state index is 0.0949. The van der Waals surface area contributed by atoms with E-state index < -0.39 is 0 Å². The van der Waals surface area contributed by atoms with E-state index in [0.717, 1.165) is 11.1 Å². The highest BCUT2D eigenvalue weighted by molar-refractivity contribution is 6.02. The summed E-state index contributed by atoms with van der Waals surface area (Å²) >= 11 is 0. The molecule has 2 rings (SSSR count). The summed E-state index contributed by atoms with van der Waals surface area (Å²) < 4.78 is 0. The van der Waals surface area contributed by atoms with Crippen LogP contribution in [0.15, 0.2) is 54.6 Å². The zero-order chi connectivity index (χ0) is 18.2. The molecule has 0 aliphatic carbocycles. The fraction of sp³-hybridized carbons (Fsp3) is 0.238. The van der Waals surface area contributed by atoms with Gasteiger partial charge in [0.1, 0.15) is 0 Å². The highest BCUT2D eigenvalue weighted by Gasteiger charge is 2.08. The van der Waals surface area contributed by atoms with Crippen molar-refractivity contribution in [3.63, 3.8) is 0 Å². The molecule has 0 spiro atoms. The summed E-state index contributed by atoms with van der Waals surface area (Å²) in [6.07, 6.45) is 3.51. The quantitative estimate of drug-likeness (QED) is 0.789. The van der Waals surface area contributed by atoms with Gasteiger partial charge in [-0.25, -0.2) is 0 Å². The highest BCUT2D eigenvalue weighted by atomic mass is 16.2. The molecular weight excluding hydrogens is 312 g/mol. The van der Waals surface area contributed by atoms with Crippen LogP contribution in [0.2, 0.25) is 0 Å². The van der Waals surface area contributed by atoms with Crippen LogP contribution in [0.25, 0.3) is 6.08 Å². The van der Waals surface area contributed by atoms with E-state index in [-0.39, 0.29) is 18.2 Å². The van der Waals surface area contributed by atoms with Crippen molar-refractivity contribution in [1.29, 1.82) is 0 Å². The molecule has 130 valence electrons. The second-order valence-electron chi connectivity index (χ2n) is 6.15. The SMILES string of the molecule is CNC(=O)Cc1ccccc1NC(=O)C=Cc1ccc(C(C)C)cc1. The van der Waals surface area contributed by atoms with Gasteiger partial charge >= 0.3 is 0 Å². The Balaban J connectivity index is 2.03. The van der Waals surface area contributed by atoms with E-state index in [1.54, 1.807) is 19.2 Å². The molecule has 0 unspecified atom stereocenters. The largest absolute Gasteiger partial charge is 0.359 e. The predicted octanol–water partition coefficient (Wildman–Crippen LogP) is 3.75. The Bertz CT molecular complexity index is 762. The molecular formula is C21H24N2O2. The molecule has 0 bridgehead atoms. The van der Waals surface area contributed by atoms with Crippen LogP contribution < -0.4 is 10.6 Å². The first kappa shape index (κ1) is 18.5. The van der Waals surface area contributed by atoms with Crippen molar-refractivity contribution in [2.24, 2.45) is 0 Å². The van der Waals surface area contributed by atoms with Gasteiger partial charge in [-0.2, -0.15) is 0 Å². The van der Waals surface area contributed by atoms with Crippen molar-refractivity contribution in [3.05, 3.63) is 71.3 Å². The predicted molar refractivity (Wildman–Crippen MR) is 102 cm³/mol. The molecule has 0 saturated carbocycles. The normalized spacial score (nSPS) is 10.9. The molecule has 2 aromatic carbocycles. The second-order valence-corrected chi connectivity index (χ2v) is 6.15. The Kier molecular flexibility index (Phi) is 6.52. The van der Waals surface area contributed by atoms with Crippen molar-refractivity contribution in [2.75, 3.05) is 12.4 Å². The summed E-state index contributed by atoms with van der Waals surface area (Å²) in [5.74, 6) is 0.165. The monoisotopic (exact) mass is 336 g/mol. The number of carbonyl (C=O) groups is 2. The van der Waals surface area contributed by atoms with Gasteiger partial charge < -0.3 is 10.6 Å². The summed E-state index contributed by atoms with van der Waals surface area (Å²) in [6, 6.07) is 15.4. The average Bonchev–Trinajstić information content (AvgIpc) is 2.61. The first-order valence-electron chi connectivity index (χ1n) is 8.37. The van der Waals surface area contributed by atoms with Crippen LogP contribution in [0, 0.1) is 0 Å². The van der Waals surface area contributed by atoms with Gasteiger partial charge in [-0.15, -0.1) is 0 Å². The first-order valence-corrected chi connectivity index (χ1v) is 8.37. The van der Waals surface area contributed by atoms with E-state index in [1.807, 2.05) is 30.3 Å². The van der Waals surface area contributed by atoms with Crippen LogP contribution in [0.1, 0.15) is 36.5 Å². The fourth-order valence-corrected chi connectivity index (χ4v) is 2.40. The minimum atomic E-state index is -0.225. The number of likely N-dealkylation sites (N-methyl/N-ethyl adjacent to an activating group) is 1. The molecule has 4 heteroatoms. The molecule has 2 amide bonds. The number of para-hydroxylation sites is 1. The smallest absolute Gasteiger partial charge is 0.248 e. The zero-order valence-electron chi connectivity index (χ0n) is 14.9. The lowest BCUT2D eigenvalue weighted by atomic mass is 10.0. The number of hydrogen-bond donors (Lipinski definition) is 2. The summed E-state index contributed by atoms with van der Waals surface area (Å²) in [7, 11) is 1.59. The van der Waals surface area contributed by atoms with Crippen LogP contribution in [-0.4, -0.2) is 18.9 Å². The third-order valence-corrected chi connectivity index (χ3v) is 3.94. The number of nitrogens with one attached hydrogen (secondary N) is 2. The highest BCUT2D eigenvalue weighted by Crippen LogP contribution is 2.17. The van der Waals surface area contributed by atoms with Gasteiger partial charge in [-0.3, -0.25) is 9.59 Å². The Morgan fingerprint density at radius 3 is 2.36 bits per heavy atom. The average molecular weight is 336 g/mol. The number of carbonyl (C=O) groups excluding carboxylic acids is 2. The van der Waals surface area contributed by atoms with E-state index in [2.05, 4.69) is 36.6 Å². The Morgan fingerprint density at radius 2 is 1.72 bits per heavy atom. The van der Waals surface area contributed by atoms with Gasteiger partial charge in [-0.05, 0) is 34.8 Å². The van der Waals surface area contributed by atoms with Crippen LogP contribution >= 0.6 is 0 Å². The molecule has 0 aromatic heterocycles. The van der Waals surface area contributed by atoms with Gasteiger partial charge in [0, 0.05) is 18.8 Å². The minimum Gasteiger partial charge on any atom is -0.359 e. The summed E-state index contributed by atoms with van der Waals surface area (Å²) in [5.41, 5.74) is 3.67. The Labute approximate surface area is 149 Å². The Morgan fingerprint density at radius 1 is 1.04 bits per heavy atom. The van der Waals surface area contributed by atoms with Crippen molar-refractivity contribution in [3.8, 4) is 0 Å². The number of amides is 2. The molecule has 0 radical (unpaired) electrons. The molecule has 0 atom stereocenters. The van der Waals surface area contributed by atoms with Crippen LogP contribution in [-0.2, 0) is 16.0 Å². The second kappa shape index (κ2) is 8.83. The maximum atomic E-state index is 12.2. The lowest BCUT2D eigenvalue weighted by Crippen LogP contribution is -2.21. The van der Waals surface area contributed by atoms with E-state index in [9.17, 15) is 9.59 Å². The molecule has 0 aliphatic rings. The van der Waals surface area contributed by atoms with Gasteiger partial charge in [0.15, 0.2) is 0 Å². The van der Waals surface area contributed by atoms with E-state index >= 15 is 0 Å². The molecule has 0 heterocycles. The number of benzene rings is 2. The number of rotatable bonds is 6. The van der Waals surface area contributed by atoms with Crippen molar-refractivity contribution in [2.45, 2.75) is 26.2 Å². The standard InChI is InChI=1S/C21H24N2O2/c1-15(2)17-11-8-16(9-12-17)10-13-20(24)23-19-7-5-4-6-18(19)14-21(25)22-3/h4-13,15H,14H2,1-3H3,(H,22,25)(H,23,24). The maximum Gasteiger partial charge on any atom is 0.248 e. The summed E-state index contributed by atoms with van der Waals surface area (Å²) in [5, 5.41) is 5.42. The Hall–Kier alpha value is -2.88. The first-order chi connectivity index (χ1) is 12.0. The van der Waals surface area contributed by atoms with Gasteiger partial charge in [0.2, 0.25) is 11.8 Å². The topological polar surface area (TPSA) is 58.2 Å². The van der Waals surface area contributed by atoms with Crippen molar-refractivity contribution >= 4 is 23.6 Å². The molecule has 2 N–H and O–H groups in total. The molecule has 4 nitrogen and oxygen atoms in total. The summed E-state index contributed by atoms with van der Waals surface area (Å²) in [6.45, 7) is 4.29. The van der Waals surface area contributed by atoms with E-state index in [1.165, 1.54) is 11.6 Å². The fourth-order valence-electron chi connectivity index (χ4n) is 2.40. The van der Waals surface area contributed by atoms with Crippen LogP contribution in [0.4, 0.5) is 5.69 Å². The van der Waals surface area contributed by atoms with Gasteiger partial charge in [-0.1, -0.05) is 56.3 Å². The lowest BCUT2D eigenvalue weighted by molar-refractivity contribution is -0.120. The van der Waals surface area contributed by atoms with Gasteiger partial charge in [0.05, 0.1) is 6.42 Å². The van der Waals surface area contributed by atoms with E-state index in [4.69, 9.17) is 0 Å². The van der Waals surface area contributed by atoms with Crippen molar-refractivity contribution in [1.82, 2.24) is 5.32 Å². The number of anilines is 1. The maximum absolute atomic E-state index is 12.2. The van der Waals surface area contributed by atoms with Crippen molar-refractivity contribution < 1.29 is 9.59 Å². The van der Waals surface area contributed by atoms with E-state index in [0.29, 0.717) is 11.6 Å². The molecule has 0 saturated heterocycles. The number of hydrogen-bond acceptors (Lipinski definition) is 2. The zero-order valence-corrected chi connectivity index (χ0v) is 14.9. The molecule has 0 fully saturated rings. The third-order valence-electron chi connectivity index (χ3n) is 3.94. The van der Waals surface area contributed by atoms with Crippen LogP contribution in [0.5, 0.6) is 0 Å². The molecule has 25 heavy (non-hydrogen) atoms. The third kappa shape index (κ3) is 5.60. The van der Waals surface area contributed by atoms with Gasteiger partial charge in [0.25, 0.3) is 0 Å². The molecule has 2 aromatic rings. The summed E-state index contributed by atoms with van der Waals surface area (Å²) in [4.78, 5) is 23.7. The lowest BCUT2D eigenvalue weighted by Gasteiger charge is -2.09. The molecule has 0 aliphatic heterocycles. The van der Waals surface area contributed by atoms with Crippen LogP contribution in [0.3, 0.4) is 0 Å².